The van der Waals surface area contributed by atoms with Crippen LogP contribution in [0.5, 0.6) is 5.75 Å². The molecule has 3 rings (SSSR count). The number of aromatic amines is 1. The highest BCUT2D eigenvalue weighted by molar-refractivity contribution is 5.92. The second-order valence-electron chi connectivity index (χ2n) is 6.21. The van der Waals surface area contributed by atoms with Gasteiger partial charge in [0.25, 0.3) is 5.91 Å². The van der Waals surface area contributed by atoms with E-state index in [1.807, 2.05) is 23.1 Å². The Balaban J connectivity index is 1.68. The molecule has 0 radical (unpaired) electrons. The smallest absolute Gasteiger partial charge is 0.271 e. The predicted octanol–water partition coefficient (Wildman–Crippen LogP) is 1.13. The first-order valence-electron chi connectivity index (χ1n) is 8.47. The lowest BCUT2D eigenvalue weighted by Gasteiger charge is -2.41. The van der Waals surface area contributed by atoms with Crippen LogP contribution in [0.3, 0.4) is 0 Å². The molecule has 1 aromatic heterocycles. The molecule has 1 fully saturated rings. The molecule has 0 saturated carbocycles. The lowest BCUT2D eigenvalue weighted by molar-refractivity contribution is 0.0391. The second kappa shape index (κ2) is 8.13. The van der Waals surface area contributed by atoms with Crippen LogP contribution in [0.1, 0.15) is 22.5 Å². The third kappa shape index (κ3) is 4.18. The summed E-state index contributed by atoms with van der Waals surface area (Å²) in [5, 5.41) is 16.0. The van der Waals surface area contributed by atoms with Crippen LogP contribution >= 0.6 is 0 Å². The molecule has 0 spiro atoms. The number of benzene rings is 1. The zero-order valence-corrected chi connectivity index (χ0v) is 14.4. The number of carbonyl (C=O) groups excluding carboxylic acids is 1. The molecule has 1 aliphatic rings. The molecular formula is C18H24N4O3. The van der Waals surface area contributed by atoms with Gasteiger partial charge in [0.15, 0.2) is 0 Å². The minimum atomic E-state index is -0.0403. The Hall–Kier alpha value is -2.38. The number of aromatic nitrogens is 2. The number of aliphatic hydroxyl groups is 1. The molecule has 134 valence electrons. The summed E-state index contributed by atoms with van der Waals surface area (Å²) in [5.74, 6) is 0.797. The van der Waals surface area contributed by atoms with Gasteiger partial charge in [-0.25, -0.2) is 0 Å². The van der Waals surface area contributed by atoms with Crippen molar-refractivity contribution in [2.24, 2.45) is 0 Å². The molecule has 2 N–H and O–H groups in total. The van der Waals surface area contributed by atoms with Crippen molar-refractivity contribution < 1.29 is 14.6 Å². The van der Waals surface area contributed by atoms with Gasteiger partial charge in [-0.3, -0.25) is 14.8 Å². The van der Waals surface area contributed by atoms with E-state index < -0.39 is 0 Å². The maximum absolute atomic E-state index is 12.5. The van der Waals surface area contributed by atoms with E-state index in [1.54, 1.807) is 19.4 Å². The number of methoxy groups -OCH3 is 1. The van der Waals surface area contributed by atoms with Crippen LogP contribution in [0, 0.1) is 0 Å². The predicted molar refractivity (Wildman–Crippen MR) is 93.4 cm³/mol. The molecule has 0 bridgehead atoms. The summed E-state index contributed by atoms with van der Waals surface area (Å²) >= 11 is 0. The van der Waals surface area contributed by atoms with E-state index >= 15 is 0 Å². The number of hydrogen-bond acceptors (Lipinski definition) is 5. The topological polar surface area (TPSA) is 81.7 Å². The van der Waals surface area contributed by atoms with E-state index in [2.05, 4.69) is 21.2 Å². The quantitative estimate of drug-likeness (QED) is 0.821. The van der Waals surface area contributed by atoms with Gasteiger partial charge in [0.2, 0.25) is 0 Å². The van der Waals surface area contributed by atoms with E-state index in [4.69, 9.17) is 4.74 Å². The maximum atomic E-state index is 12.5. The number of nitrogens with one attached hydrogen (secondary N) is 1. The number of piperazine rings is 1. The molecule has 2 aromatic rings. The summed E-state index contributed by atoms with van der Waals surface area (Å²) in [6.07, 6.45) is 2.22. The zero-order valence-electron chi connectivity index (χ0n) is 14.4. The van der Waals surface area contributed by atoms with Crippen molar-refractivity contribution in [1.82, 2.24) is 20.0 Å². The summed E-state index contributed by atoms with van der Waals surface area (Å²) in [4.78, 5) is 16.7. The van der Waals surface area contributed by atoms with Gasteiger partial charge in [-0.05, 0) is 30.2 Å². The van der Waals surface area contributed by atoms with Gasteiger partial charge in [-0.1, -0.05) is 12.1 Å². The number of rotatable bonds is 6. The van der Waals surface area contributed by atoms with E-state index in [0.717, 1.165) is 24.4 Å². The van der Waals surface area contributed by atoms with Crippen molar-refractivity contribution >= 4 is 5.91 Å². The van der Waals surface area contributed by atoms with Gasteiger partial charge < -0.3 is 14.7 Å². The van der Waals surface area contributed by atoms with Crippen molar-refractivity contribution in [1.29, 1.82) is 0 Å². The van der Waals surface area contributed by atoms with Crippen LogP contribution in [0.25, 0.3) is 0 Å². The van der Waals surface area contributed by atoms with Crippen LogP contribution in [-0.4, -0.2) is 70.4 Å². The minimum Gasteiger partial charge on any atom is -0.497 e. The van der Waals surface area contributed by atoms with Crippen LogP contribution in [0.15, 0.2) is 36.5 Å². The van der Waals surface area contributed by atoms with Gasteiger partial charge in [0.1, 0.15) is 11.4 Å². The van der Waals surface area contributed by atoms with Gasteiger partial charge in [-0.15, -0.1) is 0 Å². The summed E-state index contributed by atoms with van der Waals surface area (Å²) in [5.41, 5.74) is 1.67. The highest BCUT2D eigenvalue weighted by atomic mass is 16.5. The van der Waals surface area contributed by atoms with Crippen molar-refractivity contribution in [3.05, 3.63) is 47.8 Å². The summed E-state index contributed by atoms with van der Waals surface area (Å²) in [7, 11) is 1.66. The Morgan fingerprint density at radius 2 is 2.28 bits per heavy atom. The lowest BCUT2D eigenvalue weighted by atomic mass is 10.1. The normalized spacial score (nSPS) is 18.3. The SMILES string of the molecule is COc1cccc(CN2CCN(C(=O)c3ccn[nH]3)CC2CCO)c1. The molecule has 7 heteroatoms. The number of carbonyl (C=O) groups is 1. The molecule has 1 saturated heterocycles. The molecule has 1 unspecified atom stereocenters. The Bertz CT molecular complexity index is 689. The molecule has 25 heavy (non-hydrogen) atoms. The average Bonchev–Trinajstić information content (AvgIpc) is 3.17. The molecule has 0 aliphatic carbocycles. The summed E-state index contributed by atoms with van der Waals surface area (Å²) < 4.78 is 5.29. The molecule has 1 amide bonds. The standard InChI is InChI=1S/C18H24N4O3/c1-25-16-4-2-3-14(11-16)12-21-8-9-22(13-15(21)6-10-23)18(24)17-5-7-19-20-17/h2-5,7,11,15,23H,6,8-10,12-13H2,1H3,(H,19,20). The fraction of sp³-hybridized carbons (Fsp3) is 0.444. The number of H-pyrrole nitrogens is 1. The van der Waals surface area contributed by atoms with E-state index in [1.165, 1.54) is 0 Å². The van der Waals surface area contributed by atoms with E-state index in [9.17, 15) is 9.90 Å². The average molecular weight is 344 g/mol. The first-order chi connectivity index (χ1) is 12.2. The fourth-order valence-electron chi connectivity index (χ4n) is 3.26. The summed E-state index contributed by atoms with van der Waals surface area (Å²) in [6.45, 7) is 2.90. The van der Waals surface area contributed by atoms with Crippen LogP contribution in [-0.2, 0) is 6.54 Å². The Morgan fingerprint density at radius 3 is 3.00 bits per heavy atom. The van der Waals surface area contributed by atoms with E-state index in [0.29, 0.717) is 25.2 Å². The molecule has 1 aliphatic heterocycles. The number of hydrogen-bond donors (Lipinski definition) is 2. The monoisotopic (exact) mass is 344 g/mol. The first kappa shape index (κ1) is 17.4. The Labute approximate surface area is 147 Å². The molecule has 1 aromatic carbocycles. The van der Waals surface area contributed by atoms with Crippen molar-refractivity contribution in [3.8, 4) is 5.75 Å². The Morgan fingerprint density at radius 1 is 1.40 bits per heavy atom. The van der Waals surface area contributed by atoms with Crippen LogP contribution in [0.2, 0.25) is 0 Å². The maximum Gasteiger partial charge on any atom is 0.271 e. The third-order valence-electron chi connectivity index (χ3n) is 4.61. The lowest BCUT2D eigenvalue weighted by Crippen LogP contribution is -2.54. The van der Waals surface area contributed by atoms with E-state index in [-0.39, 0.29) is 18.6 Å². The number of amides is 1. The fourth-order valence-corrected chi connectivity index (χ4v) is 3.26. The summed E-state index contributed by atoms with van der Waals surface area (Å²) in [6, 6.07) is 9.81. The van der Waals surface area contributed by atoms with Crippen LogP contribution in [0.4, 0.5) is 0 Å². The van der Waals surface area contributed by atoms with Crippen LogP contribution < -0.4 is 4.74 Å². The molecular weight excluding hydrogens is 320 g/mol. The number of ether oxygens (including phenoxy) is 1. The highest BCUT2D eigenvalue weighted by Gasteiger charge is 2.30. The van der Waals surface area contributed by atoms with Gasteiger partial charge in [0, 0.05) is 45.0 Å². The van der Waals surface area contributed by atoms with Gasteiger partial charge in [-0.2, -0.15) is 5.10 Å². The van der Waals surface area contributed by atoms with Crippen molar-refractivity contribution in [2.45, 2.75) is 19.0 Å². The first-order valence-corrected chi connectivity index (χ1v) is 8.47. The van der Waals surface area contributed by atoms with Crippen molar-refractivity contribution in [3.63, 3.8) is 0 Å². The molecule has 1 atom stereocenters. The Kier molecular flexibility index (Phi) is 5.67. The third-order valence-corrected chi connectivity index (χ3v) is 4.61. The van der Waals surface area contributed by atoms with Gasteiger partial charge >= 0.3 is 0 Å². The molecule has 2 heterocycles. The number of aliphatic hydroxyl groups excluding tert-OH is 1. The van der Waals surface area contributed by atoms with Crippen molar-refractivity contribution in [2.75, 3.05) is 33.4 Å². The molecule has 7 nitrogen and oxygen atoms in total. The second-order valence-corrected chi connectivity index (χ2v) is 6.21. The largest absolute Gasteiger partial charge is 0.497 e. The highest BCUT2D eigenvalue weighted by Crippen LogP contribution is 2.20. The number of nitrogens with zero attached hydrogens (tertiary/aromatic N) is 3. The zero-order chi connectivity index (χ0) is 17.6. The minimum absolute atomic E-state index is 0.0403. The van der Waals surface area contributed by atoms with Gasteiger partial charge in [0.05, 0.1) is 7.11 Å².